The van der Waals surface area contributed by atoms with Crippen LogP contribution in [0.4, 0.5) is 0 Å². The van der Waals surface area contributed by atoms with E-state index in [-0.39, 0.29) is 17.6 Å². The number of aliphatic hydroxyl groups excluding tert-OH is 1. The molecule has 0 aliphatic heterocycles. The topological polar surface area (TPSA) is 82.7 Å². The molecule has 5 heteroatoms. The van der Waals surface area contributed by atoms with Gasteiger partial charge in [-0.1, -0.05) is 0 Å². The normalized spacial score (nSPS) is 17.3. The molecule has 0 bridgehead atoms. The lowest BCUT2D eigenvalue weighted by Gasteiger charge is -2.11. The lowest BCUT2D eigenvalue weighted by atomic mass is 10.1. The summed E-state index contributed by atoms with van der Waals surface area (Å²) in [6.45, 7) is 1.44. The number of aliphatic hydroxyl groups is 1. The van der Waals surface area contributed by atoms with Crippen LogP contribution >= 0.6 is 0 Å². The number of rotatable bonds is 6. The van der Waals surface area contributed by atoms with Gasteiger partial charge in [0.1, 0.15) is 12.0 Å². The smallest absolute Gasteiger partial charge is 0.338 e. The van der Waals surface area contributed by atoms with E-state index in [1.54, 1.807) is 0 Å². The quantitative estimate of drug-likeness (QED) is 0.668. The predicted octanol–water partition coefficient (Wildman–Crippen LogP) is 0.840. The molecule has 1 aromatic rings. The zero-order chi connectivity index (χ0) is 11.6. The van der Waals surface area contributed by atoms with Crippen molar-refractivity contribution in [1.29, 1.82) is 0 Å². The largest absolute Gasteiger partial charge is 0.478 e. The maximum atomic E-state index is 10.6. The Bertz CT molecular complexity index is 381. The van der Waals surface area contributed by atoms with Gasteiger partial charge in [0.2, 0.25) is 0 Å². The van der Waals surface area contributed by atoms with Crippen LogP contribution in [0, 0.1) is 5.41 Å². The maximum absolute atomic E-state index is 10.6. The van der Waals surface area contributed by atoms with Gasteiger partial charge in [0, 0.05) is 18.6 Å². The van der Waals surface area contributed by atoms with Gasteiger partial charge in [-0.15, -0.1) is 0 Å². The van der Waals surface area contributed by atoms with Gasteiger partial charge in [-0.2, -0.15) is 0 Å². The third kappa shape index (κ3) is 2.43. The summed E-state index contributed by atoms with van der Waals surface area (Å²) in [5.74, 6) is -0.379. The van der Waals surface area contributed by atoms with Crippen molar-refractivity contribution in [2.75, 3.05) is 13.2 Å². The Morgan fingerprint density at radius 2 is 2.31 bits per heavy atom. The molecule has 0 spiro atoms. The van der Waals surface area contributed by atoms with E-state index in [1.807, 2.05) is 0 Å². The van der Waals surface area contributed by atoms with Crippen LogP contribution < -0.4 is 5.32 Å². The summed E-state index contributed by atoms with van der Waals surface area (Å²) in [5.41, 5.74) is 0.225. The van der Waals surface area contributed by atoms with Gasteiger partial charge in [0.15, 0.2) is 0 Å². The molecule has 0 saturated heterocycles. The summed E-state index contributed by atoms with van der Waals surface area (Å²) in [5, 5.41) is 20.9. The Morgan fingerprint density at radius 3 is 2.81 bits per heavy atom. The highest BCUT2D eigenvalue weighted by Crippen LogP contribution is 2.44. The van der Waals surface area contributed by atoms with Crippen molar-refractivity contribution in [3.8, 4) is 0 Å². The Morgan fingerprint density at radius 1 is 1.56 bits per heavy atom. The number of carbonyl (C=O) groups is 1. The number of hydrogen-bond donors (Lipinski definition) is 3. The van der Waals surface area contributed by atoms with Crippen molar-refractivity contribution >= 4 is 5.97 Å². The molecule has 3 N–H and O–H groups in total. The van der Waals surface area contributed by atoms with Crippen LogP contribution in [0.3, 0.4) is 0 Å². The fourth-order valence-electron chi connectivity index (χ4n) is 1.60. The monoisotopic (exact) mass is 225 g/mol. The third-order valence-electron chi connectivity index (χ3n) is 2.99. The van der Waals surface area contributed by atoms with Crippen LogP contribution in [0.1, 0.15) is 29.0 Å². The second-order valence-electron chi connectivity index (χ2n) is 4.37. The molecular weight excluding hydrogens is 210 g/mol. The van der Waals surface area contributed by atoms with E-state index in [2.05, 4.69) is 5.32 Å². The molecule has 0 atom stereocenters. The van der Waals surface area contributed by atoms with Crippen molar-refractivity contribution < 1.29 is 19.4 Å². The van der Waals surface area contributed by atoms with E-state index in [9.17, 15) is 4.79 Å². The van der Waals surface area contributed by atoms with E-state index in [0.29, 0.717) is 12.3 Å². The van der Waals surface area contributed by atoms with Crippen molar-refractivity contribution in [2.24, 2.45) is 5.41 Å². The zero-order valence-electron chi connectivity index (χ0n) is 8.90. The highest BCUT2D eigenvalue weighted by molar-refractivity contribution is 5.87. The summed E-state index contributed by atoms with van der Waals surface area (Å²) < 4.78 is 5.09. The second kappa shape index (κ2) is 4.27. The molecule has 1 aliphatic rings. The van der Waals surface area contributed by atoms with Gasteiger partial charge in [-0.25, -0.2) is 4.79 Å². The van der Waals surface area contributed by atoms with Crippen molar-refractivity contribution in [2.45, 2.75) is 19.4 Å². The fraction of sp³-hybridized carbons (Fsp3) is 0.545. The van der Waals surface area contributed by atoms with Crippen molar-refractivity contribution in [1.82, 2.24) is 5.32 Å². The Labute approximate surface area is 93.1 Å². The summed E-state index contributed by atoms with van der Waals surface area (Å²) in [6, 6.07) is 1.51. The first-order chi connectivity index (χ1) is 7.65. The number of hydrogen-bond acceptors (Lipinski definition) is 4. The minimum absolute atomic E-state index is 0.0578. The Kier molecular flexibility index (Phi) is 2.98. The Balaban J connectivity index is 1.79. The molecular formula is C11H15NO4. The van der Waals surface area contributed by atoms with Gasteiger partial charge in [0.05, 0.1) is 12.1 Å². The minimum Gasteiger partial charge on any atom is -0.478 e. The highest BCUT2D eigenvalue weighted by Gasteiger charge is 2.41. The first kappa shape index (κ1) is 11.2. The number of nitrogens with one attached hydrogen (secondary N) is 1. The molecule has 5 nitrogen and oxygen atoms in total. The van der Waals surface area contributed by atoms with Crippen LogP contribution in [0.15, 0.2) is 16.7 Å². The van der Waals surface area contributed by atoms with Crippen LogP contribution in [0.2, 0.25) is 0 Å². The SMILES string of the molecule is O=C(O)c1coc(CNCC2(CO)CC2)c1. The molecule has 88 valence electrons. The third-order valence-corrected chi connectivity index (χ3v) is 2.99. The van der Waals surface area contributed by atoms with Gasteiger partial charge in [-0.3, -0.25) is 0 Å². The number of furan rings is 1. The van der Waals surface area contributed by atoms with Gasteiger partial charge < -0.3 is 19.9 Å². The Hall–Kier alpha value is -1.33. The fourth-order valence-corrected chi connectivity index (χ4v) is 1.60. The molecule has 16 heavy (non-hydrogen) atoms. The molecule has 0 unspecified atom stereocenters. The van der Waals surface area contributed by atoms with Crippen molar-refractivity contribution in [3.05, 3.63) is 23.7 Å². The molecule has 0 amide bonds. The summed E-state index contributed by atoms with van der Waals surface area (Å²) in [4.78, 5) is 10.6. The lowest BCUT2D eigenvalue weighted by molar-refractivity contribution is 0.0696. The van der Waals surface area contributed by atoms with Crippen LogP contribution in [0.5, 0.6) is 0 Å². The van der Waals surface area contributed by atoms with E-state index >= 15 is 0 Å². The van der Waals surface area contributed by atoms with Gasteiger partial charge in [0.25, 0.3) is 0 Å². The number of carboxylic acid groups (broad SMARTS) is 1. The van der Waals surface area contributed by atoms with Crippen LogP contribution in [-0.2, 0) is 6.54 Å². The predicted molar refractivity (Wildman–Crippen MR) is 56.1 cm³/mol. The van der Waals surface area contributed by atoms with Crippen molar-refractivity contribution in [3.63, 3.8) is 0 Å². The average Bonchev–Trinajstić information content (AvgIpc) is 2.88. The lowest BCUT2D eigenvalue weighted by Crippen LogP contribution is -2.25. The van der Waals surface area contributed by atoms with Gasteiger partial charge in [-0.05, 0) is 18.9 Å². The summed E-state index contributed by atoms with van der Waals surface area (Å²) in [6.07, 6.45) is 3.34. The first-order valence-electron chi connectivity index (χ1n) is 5.27. The zero-order valence-corrected chi connectivity index (χ0v) is 8.90. The number of carboxylic acids is 1. The van der Waals surface area contributed by atoms with Crippen LogP contribution in [0.25, 0.3) is 0 Å². The minimum atomic E-state index is -0.982. The molecule has 1 saturated carbocycles. The molecule has 1 aromatic heterocycles. The second-order valence-corrected chi connectivity index (χ2v) is 4.37. The molecule has 1 heterocycles. The summed E-state index contributed by atoms with van der Waals surface area (Å²) >= 11 is 0. The molecule has 1 fully saturated rings. The van der Waals surface area contributed by atoms with E-state index < -0.39 is 5.97 Å². The van der Waals surface area contributed by atoms with E-state index in [4.69, 9.17) is 14.6 Å². The molecule has 0 radical (unpaired) electrons. The standard InChI is InChI=1S/C11H15NO4/c13-7-11(1-2-11)6-12-4-9-3-8(5-16-9)10(14)15/h3,5,12-13H,1-2,4,6-7H2,(H,14,15). The summed E-state index contributed by atoms with van der Waals surface area (Å²) in [7, 11) is 0. The highest BCUT2D eigenvalue weighted by atomic mass is 16.4. The average molecular weight is 225 g/mol. The van der Waals surface area contributed by atoms with Crippen LogP contribution in [-0.4, -0.2) is 29.3 Å². The first-order valence-corrected chi connectivity index (χ1v) is 5.27. The maximum Gasteiger partial charge on any atom is 0.338 e. The molecule has 1 aliphatic carbocycles. The molecule has 0 aromatic carbocycles. The van der Waals surface area contributed by atoms with E-state index in [0.717, 1.165) is 19.4 Å². The van der Waals surface area contributed by atoms with E-state index in [1.165, 1.54) is 12.3 Å². The molecule has 2 rings (SSSR count). The number of aromatic carboxylic acids is 1. The van der Waals surface area contributed by atoms with Gasteiger partial charge >= 0.3 is 5.97 Å².